The first-order valence-electron chi connectivity index (χ1n) is 13.6. The van der Waals surface area contributed by atoms with Crippen molar-refractivity contribution in [2.24, 2.45) is 4.99 Å². The van der Waals surface area contributed by atoms with E-state index < -0.39 is 12.0 Å². The summed E-state index contributed by atoms with van der Waals surface area (Å²) in [6.45, 7) is 8.33. The maximum Gasteiger partial charge on any atom is 0.338 e. The molecule has 0 saturated heterocycles. The van der Waals surface area contributed by atoms with Crippen LogP contribution in [0.25, 0.3) is 6.08 Å². The lowest BCUT2D eigenvalue weighted by Gasteiger charge is -2.25. The van der Waals surface area contributed by atoms with Crippen LogP contribution in [0, 0.1) is 0 Å². The second-order valence-electron chi connectivity index (χ2n) is 10.2. The maximum absolute atomic E-state index is 13.9. The Labute approximate surface area is 258 Å². The fraction of sp³-hybridized carbons (Fsp3) is 0.242. The second-order valence-corrected chi connectivity index (χ2v) is 12.1. The van der Waals surface area contributed by atoms with Crippen LogP contribution in [0.2, 0.25) is 10.0 Å². The van der Waals surface area contributed by atoms with E-state index in [2.05, 4.69) is 18.8 Å². The molecule has 0 amide bonds. The summed E-state index contributed by atoms with van der Waals surface area (Å²) in [6, 6.07) is 20.1. The van der Waals surface area contributed by atoms with Crippen LogP contribution in [-0.2, 0) is 16.1 Å². The number of carbonyl (C=O) groups is 1. The summed E-state index contributed by atoms with van der Waals surface area (Å²) in [5, 5.41) is 1.12. The topological polar surface area (TPSA) is 69.9 Å². The lowest BCUT2D eigenvalue weighted by Crippen LogP contribution is -2.39. The molecule has 9 heteroatoms. The molecule has 1 aliphatic rings. The minimum absolute atomic E-state index is 0.219. The predicted octanol–water partition coefficient (Wildman–Crippen LogP) is 6.81. The number of aromatic nitrogens is 1. The van der Waals surface area contributed by atoms with E-state index in [1.54, 1.807) is 30.5 Å². The largest absolute Gasteiger partial charge is 0.489 e. The Morgan fingerprint density at radius 2 is 1.79 bits per heavy atom. The highest BCUT2D eigenvalue weighted by atomic mass is 35.5. The van der Waals surface area contributed by atoms with E-state index in [0.717, 1.165) is 16.7 Å². The standard InChI is InChI=1S/C33H30Cl2N2O4S/c1-5-40-32(39)29-20(4)36-33-37(30(29)23-10-8-22(9-11-23)19(2)3)31(38)28(42-33)16-21-6-14-26(15-7-21)41-18-24-12-13-25(34)17-27(24)35/h6-17,19,30H,5,18H2,1-4H3/b28-16-/t30-/m0/s1. The van der Waals surface area contributed by atoms with Gasteiger partial charge in [-0.25, -0.2) is 9.79 Å². The number of thiazole rings is 1. The number of fused-ring (bicyclic) bond motifs is 1. The third-order valence-corrected chi connectivity index (χ3v) is 8.59. The molecule has 4 aromatic rings. The highest BCUT2D eigenvalue weighted by Crippen LogP contribution is 2.31. The molecule has 1 aliphatic heterocycles. The van der Waals surface area contributed by atoms with Crippen LogP contribution in [0.3, 0.4) is 0 Å². The molecule has 0 bridgehead atoms. The van der Waals surface area contributed by atoms with Gasteiger partial charge in [0.05, 0.1) is 28.5 Å². The zero-order valence-corrected chi connectivity index (χ0v) is 26.0. The van der Waals surface area contributed by atoms with Gasteiger partial charge in [-0.3, -0.25) is 9.36 Å². The third kappa shape index (κ3) is 6.24. The summed E-state index contributed by atoms with van der Waals surface area (Å²) < 4.78 is 13.4. The van der Waals surface area contributed by atoms with Crippen LogP contribution in [0.5, 0.6) is 5.75 Å². The minimum atomic E-state index is -0.640. The number of ether oxygens (including phenoxy) is 2. The quantitative estimate of drug-likeness (QED) is 0.203. The molecule has 0 spiro atoms. The normalized spacial score (nSPS) is 15.0. The highest BCUT2D eigenvalue weighted by Gasteiger charge is 2.33. The van der Waals surface area contributed by atoms with Gasteiger partial charge in [-0.05, 0) is 66.8 Å². The molecule has 2 heterocycles. The van der Waals surface area contributed by atoms with Gasteiger partial charge in [-0.15, -0.1) is 0 Å². The van der Waals surface area contributed by atoms with E-state index in [-0.39, 0.29) is 12.2 Å². The molecule has 42 heavy (non-hydrogen) atoms. The first-order chi connectivity index (χ1) is 20.2. The molecule has 0 fully saturated rings. The number of halogens is 2. The van der Waals surface area contributed by atoms with Crippen molar-refractivity contribution in [1.29, 1.82) is 0 Å². The Bertz CT molecular complexity index is 1840. The van der Waals surface area contributed by atoms with Gasteiger partial charge in [0.1, 0.15) is 12.4 Å². The number of allylic oxidation sites excluding steroid dienone is 1. The summed E-state index contributed by atoms with van der Waals surface area (Å²) >= 11 is 13.5. The fourth-order valence-electron chi connectivity index (χ4n) is 4.78. The van der Waals surface area contributed by atoms with Gasteiger partial charge in [0, 0.05) is 15.6 Å². The molecule has 3 aromatic carbocycles. The van der Waals surface area contributed by atoms with Crippen molar-refractivity contribution in [3.05, 3.63) is 130 Å². The molecule has 216 valence electrons. The molecule has 5 rings (SSSR count). The smallest absolute Gasteiger partial charge is 0.338 e. The Morgan fingerprint density at radius 1 is 1.07 bits per heavy atom. The molecule has 0 radical (unpaired) electrons. The van der Waals surface area contributed by atoms with Gasteiger partial charge < -0.3 is 9.47 Å². The molecule has 0 unspecified atom stereocenters. The van der Waals surface area contributed by atoms with E-state index in [1.165, 1.54) is 16.9 Å². The Morgan fingerprint density at radius 3 is 2.43 bits per heavy atom. The molecular weight excluding hydrogens is 591 g/mol. The molecule has 1 aromatic heterocycles. The summed E-state index contributed by atoms with van der Waals surface area (Å²) in [7, 11) is 0. The second kappa shape index (κ2) is 12.7. The zero-order valence-electron chi connectivity index (χ0n) is 23.7. The summed E-state index contributed by atoms with van der Waals surface area (Å²) in [5.74, 6) is 0.551. The van der Waals surface area contributed by atoms with Gasteiger partial charge in [0.2, 0.25) is 0 Å². The van der Waals surface area contributed by atoms with Crippen molar-refractivity contribution in [2.75, 3.05) is 6.61 Å². The van der Waals surface area contributed by atoms with Crippen molar-refractivity contribution >= 4 is 46.6 Å². The van der Waals surface area contributed by atoms with E-state index in [0.29, 0.717) is 48.9 Å². The van der Waals surface area contributed by atoms with Gasteiger partial charge >= 0.3 is 5.97 Å². The van der Waals surface area contributed by atoms with Crippen LogP contribution in [-0.4, -0.2) is 17.1 Å². The first kappa shape index (κ1) is 29.8. The fourth-order valence-corrected chi connectivity index (χ4v) is 6.29. The monoisotopic (exact) mass is 620 g/mol. The summed E-state index contributed by atoms with van der Waals surface area (Å²) in [6.07, 6.45) is 1.83. The van der Waals surface area contributed by atoms with Crippen molar-refractivity contribution in [3.8, 4) is 5.75 Å². The van der Waals surface area contributed by atoms with E-state index >= 15 is 0 Å². The Hall–Kier alpha value is -3.65. The van der Waals surface area contributed by atoms with E-state index in [9.17, 15) is 9.59 Å². The number of benzene rings is 3. The predicted molar refractivity (Wildman–Crippen MR) is 168 cm³/mol. The lowest BCUT2D eigenvalue weighted by molar-refractivity contribution is -0.139. The average Bonchev–Trinajstić information content (AvgIpc) is 3.26. The van der Waals surface area contributed by atoms with E-state index in [1.807, 2.05) is 60.7 Å². The van der Waals surface area contributed by atoms with Crippen LogP contribution < -0.4 is 19.6 Å². The molecule has 0 aliphatic carbocycles. The van der Waals surface area contributed by atoms with Gasteiger partial charge in [-0.1, -0.05) is 90.9 Å². The van der Waals surface area contributed by atoms with Gasteiger partial charge in [0.15, 0.2) is 4.80 Å². The number of esters is 1. The number of rotatable bonds is 8. The van der Waals surface area contributed by atoms with Crippen LogP contribution in [0.4, 0.5) is 0 Å². The zero-order chi connectivity index (χ0) is 30.0. The molecule has 0 N–H and O–H groups in total. The summed E-state index contributed by atoms with van der Waals surface area (Å²) in [5.41, 5.74) is 4.36. The first-order valence-corrected chi connectivity index (χ1v) is 15.2. The Balaban J connectivity index is 1.49. The molecule has 0 saturated carbocycles. The number of hydrogen-bond donors (Lipinski definition) is 0. The van der Waals surface area contributed by atoms with Crippen molar-refractivity contribution in [2.45, 2.75) is 46.3 Å². The third-order valence-electron chi connectivity index (χ3n) is 7.02. The highest BCUT2D eigenvalue weighted by molar-refractivity contribution is 7.07. The van der Waals surface area contributed by atoms with Crippen molar-refractivity contribution in [1.82, 2.24) is 4.57 Å². The van der Waals surface area contributed by atoms with Gasteiger partial charge in [0.25, 0.3) is 5.56 Å². The van der Waals surface area contributed by atoms with Crippen molar-refractivity contribution in [3.63, 3.8) is 0 Å². The molecule has 1 atom stereocenters. The number of nitrogens with zero attached hydrogens (tertiary/aromatic N) is 2. The van der Waals surface area contributed by atoms with Crippen LogP contribution >= 0.6 is 34.5 Å². The molecular formula is C33H30Cl2N2O4S. The van der Waals surface area contributed by atoms with Crippen LogP contribution in [0.15, 0.2) is 87.8 Å². The van der Waals surface area contributed by atoms with E-state index in [4.69, 9.17) is 32.7 Å². The lowest BCUT2D eigenvalue weighted by atomic mass is 9.93. The van der Waals surface area contributed by atoms with Gasteiger partial charge in [-0.2, -0.15) is 0 Å². The Kier molecular flexibility index (Phi) is 9.02. The summed E-state index contributed by atoms with van der Waals surface area (Å²) in [4.78, 5) is 32.2. The minimum Gasteiger partial charge on any atom is -0.489 e. The number of hydrogen-bond acceptors (Lipinski definition) is 6. The van der Waals surface area contributed by atoms with Crippen LogP contribution in [0.1, 0.15) is 61.9 Å². The average molecular weight is 622 g/mol. The molecule has 6 nitrogen and oxygen atoms in total. The maximum atomic E-state index is 13.9. The van der Waals surface area contributed by atoms with Crippen molar-refractivity contribution < 1.29 is 14.3 Å². The number of carbonyl (C=O) groups excluding carboxylic acids is 1. The SMILES string of the molecule is CCOC(=O)C1=C(C)N=c2s/c(=C\c3ccc(OCc4ccc(Cl)cc4Cl)cc3)c(=O)n2[C@H]1c1ccc(C(C)C)cc1.